The van der Waals surface area contributed by atoms with E-state index < -0.39 is 0 Å². The third-order valence-corrected chi connectivity index (χ3v) is 5.85. The van der Waals surface area contributed by atoms with E-state index in [0.717, 1.165) is 38.5 Å². The number of nitrogens with zero attached hydrogens (tertiary/aromatic N) is 1. The van der Waals surface area contributed by atoms with Gasteiger partial charge in [-0.2, -0.15) is 0 Å². The Bertz CT molecular complexity index is 1140. The lowest BCUT2D eigenvalue weighted by Gasteiger charge is -2.10. The van der Waals surface area contributed by atoms with Crippen molar-refractivity contribution >= 4 is 46.1 Å². The standard InChI is InChI=1S/C23H19ClN2O2S/c1-15-10-11-16(23-26-19-8-4-5-9-21(19)28-23)12-20(15)25-22(27)14-29-13-17-6-2-3-7-18(17)24/h2-12H,13-14H2,1H3,(H,25,27). The average Bonchev–Trinajstić information content (AvgIpc) is 3.15. The van der Waals surface area contributed by atoms with E-state index in [-0.39, 0.29) is 5.91 Å². The number of rotatable bonds is 6. The molecule has 0 radical (unpaired) electrons. The maximum atomic E-state index is 12.4. The summed E-state index contributed by atoms with van der Waals surface area (Å²) in [5.41, 5.74) is 5.14. The topological polar surface area (TPSA) is 55.1 Å². The molecule has 0 atom stereocenters. The molecule has 0 fully saturated rings. The second-order valence-corrected chi connectivity index (χ2v) is 8.04. The third-order valence-electron chi connectivity index (χ3n) is 4.50. The van der Waals surface area contributed by atoms with Gasteiger partial charge in [0.1, 0.15) is 5.52 Å². The Morgan fingerprint density at radius 3 is 2.72 bits per heavy atom. The van der Waals surface area contributed by atoms with Crippen molar-refractivity contribution < 1.29 is 9.21 Å². The van der Waals surface area contributed by atoms with Gasteiger partial charge >= 0.3 is 0 Å². The average molecular weight is 423 g/mol. The van der Waals surface area contributed by atoms with E-state index in [0.29, 0.717) is 17.4 Å². The summed E-state index contributed by atoms with van der Waals surface area (Å²) in [6, 6.07) is 21.1. The number of hydrogen-bond donors (Lipinski definition) is 1. The van der Waals surface area contributed by atoms with Crippen molar-refractivity contribution in [3.8, 4) is 11.5 Å². The van der Waals surface area contributed by atoms with Crippen LogP contribution in [0.5, 0.6) is 0 Å². The van der Waals surface area contributed by atoms with E-state index in [1.807, 2.05) is 73.7 Å². The number of carbonyl (C=O) groups is 1. The molecule has 3 aromatic carbocycles. The molecule has 1 N–H and O–H groups in total. The quantitative estimate of drug-likeness (QED) is 0.394. The van der Waals surface area contributed by atoms with Gasteiger partial charge in [0.25, 0.3) is 0 Å². The Labute approximate surface area is 178 Å². The fraction of sp³-hybridized carbons (Fsp3) is 0.130. The number of aryl methyl sites for hydroxylation is 1. The van der Waals surface area contributed by atoms with E-state index in [9.17, 15) is 4.79 Å². The zero-order valence-electron chi connectivity index (χ0n) is 15.8. The molecule has 146 valence electrons. The zero-order chi connectivity index (χ0) is 20.2. The Kier molecular flexibility index (Phi) is 5.88. The van der Waals surface area contributed by atoms with Crippen molar-refractivity contribution in [3.63, 3.8) is 0 Å². The number of carbonyl (C=O) groups excluding carboxylic acids is 1. The number of hydrogen-bond acceptors (Lipinski definition) is 4. The molecule has 0 bridgehead atoms. The number of thioether (sulfide) groups is 1. The molecule has 4 rings (SSSR count). The molecule has 6 heteroatoms. The molecule has 1 heterocycles. The molecule has 4 nitrogen and oxygen atoms in total. The summed E-state index contributed by atoms with van der Waals surface area (Å²) in [6.45, 7) is 1.96. The minimum absolute atomic E-state index is 0.0557. The molecule has 29 heavy (non-hydrogen) atoms. The Morgan fingerprint density at radius 2 is 1.90 bits per heavy atom. The lowest BCUT2D eigenvalue weighted by atomic mass is 10.1. The minimum atomic E-state index is -0.0557. The molecule has 0 unspecified atom stereocenters. The monoisotopic (exact) mass is 422 g/mol. The zero-order valence-corrected chi connectivity index (χ0v) is 17.4. The van der Waals surface area contributed by atoms with Gasteiger partial charge < -0.3 is 9.73 Å². The van der Waals surface area contributed by atoms with Gasteiger partial charge in [0.05, 0.1) is 5.75 Å². The molecule has 0 aliphatic carbocycles. The third kappa shape index (κ3) is 4.63. The van der Waals surface area contributed by atoms with Gasteiger partial charge in [0.15, 0.2) is 5.58 Å². The first-order valence-corrected chi connectivity index (χ1v) is 10.7. The Hall–Kier alpha value is -2.76. The van der Waals surface area contributed by atoms with Crippen molar-refractivity contribution in [2.75, 3.05) is 11.1 Å². The summed E-state index contributed by atoms with van der Waals surface area (Å²) < 4.78 is 5.84. The maximum Gasteiger partial charge on any atom is 0.234 e. The summed E-state index contributed by atoms with van der Waals surface area (Å²) in [5, 5.41) is 3.72. The highest BCUT2D eigenvalue weighted by molar-refractivity contribution is 7.99. The molecule has 0 aliphatic rings. The van der Waals surface area contributed by atoms with Crippen molar-refractivity contribution in [3.05, 3.63) is 82.9 Å². The largest absolute Gasteiger partial charge is 0.436 e. The van der Waals surface area contributed by atoms with Crippen LogP contribution in [0.3, 0.4) is 0 Å². The van der Waals surface area contributed by atoms with Gasteiger partial charge in [-0.3, -0.25) is 4.79 Å². The minimum Gasteiger partial charge on any atom is -0.436 e. The molecular formula is C23H19ClN2O2S. The first kappa shape index (κ1) is 19.6. The summed E-state index contributed by atoms with van der Waals surface area (Å²) in [6.07, 6.45) is 0. The van der Waals surface area contributed by atoms with Crippen molar-refractivity contribution in [1.29, 1.82) is 0 Å². The first-order valence-electron chi connectivity index (χ1n) is 9.18. The predicted octanol–water partition coefficient (Wildman–Crippen LogP) is 6.33. The summed E-state index contributed by atoms with van der Waals surface area (Å²) in [5.74, 6) is 1.52. The van der Waals surface area contributed by atoms with Gasteiger partial charge in [-0.05, 0) is 48.4 Å². The van der Waals surface area contributed by atoms with E-state index in [4.69, 9.17) is 16.0 Å². The maximum absolute atomic E-state index is 12.4. The van der Waals surface area contributed by atoms with Crippen LogP contribution in [0, 0.1) is 6.92 Å². The molecule has 1 amide bonds. The van der Waals surface area contributed by atoms with Crippen molar-refractivity contribution in [2.45, 2.75) is 12.7 Å². The number of para-hydroxylation sites is 2. The molecule has 1 aromatic heterocycles. The van der Waals surface area contributed by atoms with Gasteiger partial charge in [0.2, 0.25) is 11.8 Å². The van der Waals surface area contributed by atoms with Crippen LogP contribution in [0.25, 0.3) is 22.6 Å². The first-order chi connectivity index (χ1) is 14.1. The number of benzene rings is 3. The highest BCUT2D eigenvalue weighted by atomic mass is 35.5. The molecule has 0 saturated carbocycles. The molecule has 0 aliphatic heterocycles. The number of anilines is 1. The van der Waals surface area contributed by atoms with Crippen LogP contribution in [0.2, 0.25) is 5.02 Å². The highest BCUT2D eigenvalue weighted by Crippen LogP contribution is 2.28. The lowest BCUT2D eigenvalue weighted by Crippen LogP contribution is -2.15. The number of fused-ring (bicyclic) bond motifs is 1. The van der Waals surface area contributed by atoms with Crippen LogP contribution >= 0.6 is 23.4 Å². The van der Waals surface area contributed by atoms with E-state index in [2.05, 4.69) is 10.3 Å². The fourth-order valence-corrected chi connectivity index (χ4v) is 4.05. The number of oxazole rings is 1. The summed E-state index contributed by atoms with van der Waals surface area (Å²) in [4.78, 5) is 17.0. The fourth-order valence-electron chi connectivity index (χ4n) is 2.94. The second-order valence-electron chi connectivity index (χ2n) is 6.65. The molecule has 0 spiro atoms. The van der Waals surface area contributed by atoms with E-state index in [1.165, 1.54) is 11.8 Å². The number of aromatic nitrogens is 1. The van der Waals surface area contributed by atoms with Gasteiger partial charge in [-0.25, -0.2) is 4.98 Å². The number of halogens is 1. The normalized spacial score (nSPS) is 11.0. The summed E-state index contributed by atoms with van der Waals surface area (Å²) >= 11 is 7.70. The predicted molar refractivity (Wildman–Crippen MR) is 120 cm³/mol. The van der Waals surface area contributed by atoms with Crippen molar-refractivity contribution in [1.82, 2.24) is 4.98 Å². The van der Waals surface area contributed by atoms with Crippen LogP contribution in [0.4, 0.5) is 5.69 Å². The van der Waals surface area contributed by atoms with Crippen molar-refractivity contribution in [2.24, 2.45) is 0 Å². The second kappa shape index (κ2) is 8.72. The highest BCUT2D eigenvalue weighted by Gasteiger charge is 2.12. The summed E-state index contributed by atoms with van der Waals surface area (Å²) in [7, 11) is 0. The van der Waals surface area contributed by atoms with Crippen LogP contribution < -0.4 is 5.32 Å². The number of amides is 1. The van der Waals surface area contributed by atoms with E-state index in [1.54, 1.807) is 0 Å². The van der Waals surface area contributed by atoms with Crippen LogP contribution in [0.1, 0.15) is 11.1 Å². The van der Waals surface area contributed by atoms with Crippen LogP contribution in [0.15, 0.2) is 71.1 Å². The van der Waals surface area contributed by atoms with Gasteiger partial charge in [-0.1, -0.05) is 48.0 Å². The molecule has 0 saturated heterocycles. The smallest absolute Gasteiger partial charge is 0.234 e. The van der Waals surface area contributed by atoms with Crippen LogP contribution in [-0.4, -0.2) is 16.6 Å². The number of nitrogens with one attached hydrogen (secondary N) is 1. The van der Waals surface area contributed by atoms with E-state index >= 15 is 0 Å². The molecular weight excluding hydrogens is 404 g/mol. The molecule has 4 aromatic rings. The Morgan fingerprint density at radius 1 is 1.10 bits per heavy atom. The van der Waals surface area contributed by atoms with Gasteiger partial charge in [0, 0.05) is 22.0 Å². The van der Waals surface area contributed by atoms with Crippen LogP contribution in [-0.2, 0) is 10.5 Å². The SMILES string of the molecule is Cc1ccc(-c2nc3ccccc3o2)cc1NC(=O)CSCc1ccccc1Cl. The lowest BCUT2D eigenvalue weighted by molar-refractivity contribution is -0.113. The van der Waals surface area contributed by atoms with Gasteiger partial charge in [-0.15, -0.1) is 11.8 Å². The Balaban J connectivity index is 1.43.